The summed E-state index contributed by atoms with van der Waals surface area (Å²) < 4.78 is 0. The van der Waals surface area contributed by atoms with Crippen molar-refractivity contribution in [3.05, 3.63) is 0 Å². The second kappa shape index (κ2) is 5.99. The fourth-order valence-electron chi connectivity index (χ4n) is 3.05. The van der Waals surface area contributed by atoms with E-state index in [0.717, 1.165) is 31.6 Å². The van der Waals surface area contributed by atoms with Crippen LogP contribution in [0.15, 0.2) is 0 Å². The molecule has 1 aliphatic carbocycles. The summed E-state index contributed by atoms with van der Waals surface area (Å²) in [6.45, 7) is 3.69. The molecule has 1 saturated heterocycles. The fraction of sp³-hybridized carbons (Fsp3) is 1.00. The molecular weight excluding hydrogens is 200 g/mol. The molecule has 2 fully saturated rings. The van der Waals surface area contributed by atoms with Crippen LogP contribution in [0.3, 0.4) is 0 Å². The van der Waals surface area contributed by atoms with Gasteiger partial charge in [0.15, 0.2) is 0 Å². The number of nitrogens with zero attached hydrogens (tertiary/aromatic N) is 1. The molecule has 1 atom stereocenters. The van der Waals surface area contributed by atoms with Gasteiger partial charge < -0.3 is 15.3 Å². The molecule has 3 nitrogen and oxygen atoms in total. The van der Waals surface area contributed by atoms with E-state index in [0.29, 0.717) is 6.04 Å². The highest BCUT2D eigenvalue weighted by Gasteiger charge is 2.21. The van der Waals surface area contributed by atoms with Gasteiger partial charge in [0.05, 0.1) is 6.10 Å². The Balaban J connectivity index is 1.63. The van der Waals surface area contributed by atoms with Gasteiger partial charge in [0.2, 0.25) is 0 Å². The van der Waals surface area contributed by atoms with E-state index in [2.05, 4.69) is 17.3 Å². The molecule has 0 aromatic carbocycles. The summed E-state index contributed by atoms with van der Waals surface area (Å²) in [6.07, 6.45) is 7.00. The Bertz CT molecular complexity index is 202. The average molecular weight is 226 g/mol. The molecule has 0 amide bonds. The summed E-state index contributed by atoms with van der Waals surface area (Å²) >= 11 is 0. The molecule has 1 heterocycles. The van der Waals surface area contributed by atoms with Crippen LogP contribution in [-0.2, 0) is 0 Å². The molecule has 0 spiro atoms. The molecule has 2 rings (SSSR count). The van der Waals surface area contributed by atoms with Gasteiger partial charge in [0.25, 0.3) is 0 Å². The molecule has 1 saturated carbocycles. The summed E-state index contributed by atoms with van der Waals surface area (Å²) in [5, 5.41) is 13.1. The lowest BCUT2D eigenvalue weighted by Gasteiger charge is -2.32. The van der Waals surface area contributed by atoms with Crippen LogP contribution < -0.4 is 5.32 Å². The molecule has 1 unspecified atom stereocenters. The highest BCUT2D eigenvalue weighted by molar-refractivity contribution is 4.79. The van der Waals surface area contributed by atoms with Gasteiger partial charge in [-0.15, -0.1) is 0 Å². The molecule has 3 heteroatoms. The quantitative estimate of drug-likeness (QED) is 0.759. The Morgan fingerprint density at radius 2 is 1.94 bits per heavy atom. The Morgan fingerprint density at radius 1 is 1.19 bits per heavy atom. The number of likely N-dealkylation sites (tertiary alicyclic amines) is 1. The van der Waals surface area contributed by atoms with Gasteiger partial charge in [-0.25, -0.2) is 0 Å². The van der Waals surface area contributed by atoms with Gasteiger partial charge in [-0.2, -0.15) is 0 Å². The number of aliphatic hydroxyl groups excluding tert-OH is 1. The van der Waals surface area contributed by atoms with Crippen molar-refractivity contribution in [2.75, 3.05) is 26.7 Å². The van der Waals surface area contributed by atoms with Crippen molar-refractivity contribution in [2.45, 2.75) is 50.7 Å². The topological polar surface area (TPSA) is 35.5 Å². The van der Waals surface area contributed by atoms with Crippen LogP contribution in [0, 0.1) is 5.92 Å². The van der Waals surface area contributed by atoms with Crippen LogP contribution in [-0.4, -0.2) is 48.8 Å². The van der Waals surface area contributed by atoms with Crippen molar-refractivity contribution in [1.82, 2.24) is 10.2 Å². The first kappa shape index (κ1) is 12.3. The summed E-state index contributed by atoms with van der Waals surface area (Å²) in [5.41, 5.74) is 0. The molecule has 16 heavy (non-hydrogen) atoms. The summed E-state index contributed by atoms with van der Waals surface area (Å²) in [5.74, 6) is 0.839. The van der Waals surface area contributed by atoms with Gasteiger partial charge in [-0.3, -0.25) is 0 Å². The molecule has 2 N–H and O–H groups in total. The predicted octanol–water partition coefficient (Wildman–Crippen LogP) is 1.22. The van der Waals surface area contributed by atoms with E-state index in [9.17, 15) is 5.11 Å². The fourth-order valence-corrected chi connectivity index (χ4v) is 3.05. The number of nitrogens with one attached hydrogen (secondary N) is 1. The van der Waals surface area contributed by atoms with Gasteiger partial charge in [0, 0.05) is 12.6 Å². The number of piperidine rings is 1. The average Bonchev–Trinajstić information content (AvgIpc) is 2.28. The molecular formula is C13H26N2O. The Labute approximate surface area is 99.2 Å². The Hall–Kier alpha value is -0.120. The minimum atomic E-state index is -0.0288. The zero-order chi connectivity index (χ0) is 11.4. The lowest BCUT2D eigenvalue weighted by molar-refractivity contribution is 0.113. The maximum Gasteiger partial charge on any atom is 0.0541 e. The lowest BCUT2D eigenvalue weighted by atomic mass is 9.92. The number of hydrogen-bond acceptors (Lipinski definition) is 3. The summed E-state index contributed by atoms with van der Waals surface area (Å²) in [4.78, 5) is 2.44. The number of aliphatic hydroxyl groups is 1. The number of hydrogen-bond donors (Lipinski definition) is 2. The van der Waals surface area contributed by atoms with Crippen molar-refractivity contribution in [3.63, 3.8) is 0 Å². The smallest absolute Gasteiger partial charge is 0.0541 e. The molecule has 1 aliphatic heterocycles. The van der Waals surface area contributed by atoms with E-state index in [1.54, 1.807) is 0 Å². The Kier molecular flexibility index (Phi) is 4.62. The standard InChI is InChI=1S/C13H26N2O/c1-15-8-2-3-11(10-15)9-14-12-4-6-13(16)7-5-12/h11-14,16H,2-10H2,1H3. The lowest BCUT2D eigenvalue weighted by Crippen LogP contribution is -2.42. The first-order valence-electron chi connectivity index (χ1n) is 6.84. The molecule has 0 bridgehead atoms. The van der Waals surface area contributed by atoms with Crippen LogP contribution in [0.4, 0.5) is 0 Å². The van der Waals surface area contributed by atoms with Crippen LogP contribution >= 0.6 is 0 Å². The molecule has 0 aromatic heterocycles. The van der Waals surface area contributed by atoms with Gasteiger partial charge >= 0.3 is 0 Å². The number of rotatable bonds is 3. The monoisotopic (exact) mass is 226 g/mol. The minimum Gasteiger partial charge on any atom is -0.393 e. The van der Waals surface area contributed by atoms with Crippen molar-refractivity contribution < 1.29 is 5.11 Å². The zero-order valence-electron chi connectivity index (χ0n) is 10.5. The highest BCUT2D eigenvalue weighted by atomic mass is 16.3. The third kappa shape index (κ3) is 3.72. The van der Waals surface area contributed by atoms with Crippen LogP contribution in [0.5, 0.6) is 0 Å². The van der Waals surface area contributed by atoms with Crippen molar-refractivity contribution in [3.8, 4) is 0 Å². The Morgan fingerprint density at radius 3 is 2.62 bits per heavy atom. The van der Waals surface area contributed by atoms with Crippen LogP contribution in [0.2, 0.25) is 0 Å². The van der Waals surface area contributed by atoms with Crippen molar-refractivity contribution in [1.29, 1.82) is 0 Å². The summed E-state index contributed by atoms with van der Waals surface area (Å²) in [7, 11) is 2.23. The molecule has 94 valence electrons. The van der Waals surface area contributed by atoms with E-state index in [1.807, 2.05) is 0 Å². The van der Waals surface area contributed by atoms with E-state index in [1.165, 1.54) is 32.5 Å². The summed E-state index contributed by atoms with van der Waals surface area (Å²) in [6, 6.07) is 0.663. The van der Waals surface area contributed by atoms with Crippen LogP contribution in [0.1, 0.15) is 38.5 Å². The zero-order valence-corrected chi connectivity index (χ0v) is 10.5. The van der Waals surface area contributed by atoms with Gasteiger partial charge in [-0.1, -0.05) is 0 Å². The van der Waals surface area contributed by atoms with E-state index >= 15 is 0 Å². The largest absolute Gasteiger partial charge is 0.393 e. The van der Waals surface area contributed by atoms with Gasteiger partial charge in [0.1, 0.15) is 0 Å². The molecule has 0 radical (unpaired) electrons. The third-order valence-corrected chi connectivity index (χ3v) is 4.11. The first-order valence-corrected chi connectivity index (χ1v) is 6.84. The van der Waals surface area contributed by atoms with E-state index < -0.39 is 0 Å². The third-order valence-electron chi connectivity index (χ3n) is 4.11. The second-order valence-corrected chi connectivity index (χ2v) is 5.68. The molecule has 0 aromatic rings. The second-order valence-electron chi connectivity index (χ2n) is 5.68. The minimum absolute atomic E-state index is 0.0288. The van der Waals surface area contributed by atoms with E-state index in [4.69, 9.17) is 0 Å². The van der Waals surface area contributed by atoms with Gasteiger partial charge in [-0.05, 0) is 64.6 Å². The first-order chi connectivity index (χ1) is 7.74. The highest BCUT2D eigenvalue weighted by Crippen LogP contribution is 2.19. The normalized spacial score (nSPS) is 37.5. The van der Waals surface area contributed by atoms with Crippen molar-refractivity contribution >= 4 is 0 Å². The maximum atomic E-state index is 9.44. The van der Waals surface area contributed by atoms with Crippen molar-refractivity contribution in [2.24, 2.45) is 5.92 Å². The van der Waals surface area contributed by atoms with Crippen LogP contribution in [0.25, 0.3) is 0 Å². The van der Waals surface area contributed by atoms with E-state index in [-0.39, 0.29) is 6.10 Å². The predicted molar refractivity (Wildman–Crippen MR) is 66.5 cm³/mol. The SMILES string of the molecule is CN1CCCC(CNC2CCC(O)CC2)C1. The molecule has 2 aliphatic rings. The maximum absolute atomic E-state index is 9.44.